The minimum Gasteiger partial charge on any atom is -0.496 e. The van der Waals surface area contributed by atoms with Crippen molar-refractivity contribution in [2.24, 2.45) is 0 Å². The monoisotopic (exact) mass is 288 g/mol. The van der Waals surface area contributed by atoms with Crippen molar-refractivity contribution in [1.82, 2.24) is 10.6 Å². The molecule has 1 heterocycles. The molecule has 0 radical (unpaired) electrons. The van der Waals surface area contributed by atoms with Crippen LogP contribution in [0.5, 0.6) is 5.75 Å². The Morgan fingerprint density at radius 2 is 2.37 bits per heavy atom. The Morgan fingerprint density at radius 1 is 1.58 bits per heavy atom. The van der Waals surface area contributed by atoms with Crippen LogP contribution in [0.2, 0.25) is 0 Å². The van der Waals surface area contributed by atoms with Gasteiger partial charge in [-0.2, -0.15) is 0 Å². The zero-order chi connectivity index (χ0) is 13.0. The van der Waals surface area contributed by atoms with Crippen molar-refractivity contribution in [3.63, 3.8) is 0 Å². The van der Waals surface area contributed by atoms with Crippen LogP contribution >= 0.6 is 12.4 Å². The van der Waals surface area contributed by atoms with Gasteiger partial charge in [0.25, 0.3) is 5.91 Å². The van der Waals surface area contributed by atoms with Crippen LogP contribution < -0.4 is 15.4 Å². The predicted molar refractivity (Wildman–Crippen MR) is 73.6 cm³/mol. The van der Waals surface area contributed by atoms with Crippen LogP contribution in [0.3, 0.4) is 0 Å². The van der Waals surface area contributed by atoms with Gasteiger partial charge in [-0.15, -0.1) is 12.4 Å². The summed E-state index contributed by atoms with van der Waals surface area (Å²) in [5.74, 6) is -0.739. The Bertz CT molecular complexity index is 437. The number of carbonyl (C=O) groups is 1. The Labute approximate surface area is 118 Å². The van der Waals surface area contributed by atoms with Gasteiger partial charge in [0.1, 0.15) is 17.1 Å². The van der Waals surface area contributed by atoms with Gasteiger partial charge >= 0.3 is 0 Å². The van der Waals surface area contributed by atoms with Gasteiger partial charge in [0.15, 0.2) is 0 Å². The Hall–Kier alpha value is -1.33. The van der Waals surface area contributed by atoms with Crippen LogP contribution in [-0.2, 0) is 0 Å². The van der Waals surface area contributed by atoms with Crippen LogP contribution in [-0.4, -0.2) is 32.1 Å². The van der Waals surface area contributed by atoms with Crippen LogP contribution in [0.15, 0.2) is 18.2 Å². The second-order valence-electron chi connectivity index (χ2n) is 4.32. The summed E-state index contributed by atoms with van der Waals surface area (Å²) < 4.78 is 18.6. The first-order valence-electron chi connectivity index (χ1n) is 6.06. The molecule has 2 N–H and O–H groups in total. The van der Waals surface area contributed by atoms with E-state index >= 15 is 0 Å². The number of hydrogen-bond donors (Lipinski definition) is 2. The number of ether oxygens (including phenoxy) is 1. The fourth-order valence-electron chi connectivity index (χ4n) is 2.13. The van der Waals surface area contributed by atoms with Crippen molar-refractivity contribution >= 4 is 18.3 Å². The summed E-state index contributed by atoms with van der Waals surface area (Å²) >= 11 is 0. The average molecular weight is 289 g/mol. The summed E-state index contributed by atoms with van der Waals surface area (Å²) in [4.78, 5) is 11.9. The van der Waals surface area contributed by atoms with E-state index in [9.17, 15) is 9.18 Å². The molecule has 1 amide bonds. The van der Waals surface area contributed by atoms with E-state index in [1.165, 1.54) is 19.2 Å². The third kappa shape index (κ3) is 3.81. The van der Waals surface area contributed by atoms with Gasteiger partial charge in [-0.1, -0.05) is 6.07 Å². The molecular formula is C13H18ClFN2O2. The van der Waals surface area contributed by atoms with E-state index in [0.717, 1.165) is 19.4 Å². The molecule has 6 heteroatoms. The van der Waals surface area contributed by atoms with Gasteiger partial charge in [-0.3, -0.25) is 4.79 Å². The molecule has 1 aromatic rings. The summed E-state index contributed by atoms with van der Waals surface area (Å²) in [6.07, 6.45) is 2.15. The second-order valence-corrected chi connectivity index (χ2v) is 4.32. The van der Waals surface area contributed by atoms with E-state index in [-0.39, 0.29) is 29.8 Å². The molecule has 0 spiro atoms. The zero-order valence-corrected chi connectivity index (χ0v) is 11.6. The lowest BCUT2D eigenvalue weighted by Crippen LogP contribution is -2.37. The second kappa shape index (κ2) is 7.31. The maximum atomic E-state index is 13.6. The highest BCUT2D eigenvalue weighted by Gasteiger charge is 2.19. The van der Waals surface area contributed by atoms with E-state index in [4.69, 9.17) is 4.74 Å². The molecular weight excluding hydrogens is 271 g/mol. The number of hydrogen-bond acceptors (Lipinski definition) is 3. The van der Waals surface area contributed by atoms with E-state index in [1.807, 2.05) is 0 Å². The molecule has 1 aliphatic rings. The largest absolute Gasteiger partial charge is 0.496 e. The molecule has 4 nitrogen and oxygen atoms in total. The van der Waals surface area contributed by atoms with Crippen molar-refractivity contribution in [3.8, 4) is 5.75 Å². The lowest BCUT2D eigenvalue weighted by Gasteiger charge is -2.13. The average Bonchev–Trinajstić information content (AvgIpc) is 2.88. The summed E-state index contributed by atoms with van der Waals surface area (Å²) in [6, 6.07) is 4.63. The van der Waals surface area contributed by atoms with E-state index in [2.05, 4.69) is 10.6 Å². The Balaban J connectivity index is 0.00000180. The zero-order valence-electron chi connectivity index (χ0n) is 10.7. The number of methoxy groups -OCH3 is 1. The molecule has 1 saturated heterocycles. The van der Waals surface area contributed by atoms with Crippen molar-refractivity contribution in [2.75, 3.05) is 20.2 Å². The van der Waals surface area contributed by atoms with E-state index in [1.54, 1.807) is 6.07 Å². The first kappa shape index (κ1) is 15.7. The minimum absolute atomic E-state index is 0. The molecule has 106 valence electrons. The molecule has 0 aromatic heterocycles. The number of amides is 1. The first-order chi connectivity index (χ1) is 8.72. The van der Waals surface area contributed by atoms with Gasteiger partial charge in [0, 0.05) is 12.6 Å². The summed E-state index contributed by atoms with van der Waals surface area (Å²) in [7, 11) is 1.42. The summed E-state index contributed by atoms with van der Waals surface area (Å²) in [5, 5.41) is 6.00. The van der Waals surface area contributed by atoms with E-state index < -0.39 is 11.7 Å². The van der Waals surface area contributed by atoms with Crippen molar-refractivity contribution in [2.45, 2.75) is 18.9 Å². The van der Waals surface area contributed by atoms with E-state index in [0.29, 0.717) is 6.54 Å². The van der Waals surface area contributed by atoms with Crippen molar-refractivity contribution in [3.05, 3.63) is 29.6 Å². The number of carbonyl (C=O) groups excluding carboxylic acids is 1. The molecule has 0 saturated carbocycles. The topological polar surface area (TPSA) is 50.4 Å². The maximum Gasteiger partial charge on any atom is 0.258 e. The molecule has 1 aromatic carbocycles. The third-order valence-electron chi connectivity index (χ3n) is 3.09. The molecule has 1 aliphatic heterocycles. The van der Waals surface area contributed by atoms with Crippen molar-refractivity contribution < 1.29 is 13.9 Å². The summed E-state index contributed by atoms with van der Waals surface area (Å²) in [6.45, 7) is 1.49. The molecule has 1 unspecified atom stereocenters. The Kier molecular flexibility index (Phi) is 6.05. The normalized spacial score (nSPS) is 17.7. The number of halogens is 2. The van der Waals surface area contributed by atoms with Crippen LogP contribution in [0.4, 0.5) is 4.39 Å². The fourth-order valence-corrected chi connectivity index (χ4v) is 2.13. The molecule has 0 aliphatic carbocycles. The van der Waals surface area contributed by atoms with Gasteiger partial charge in [0.2, 0.25) is 0 Å². The smallest absolute Gasteiger partial charge is 0.258 e. The lowest BCUT2D eigenvalue weighted by atomic mass is 10.1. The highest BCUT2D eigenvalue weighted by Crippen LogP contribution is 2.20. The molecule has 1 fully saturated rings. The number of benzene rings is 1. The third-order valence-corrected chi connectivity index (χ3v) is 3.09. The standard InChI is InChI=1S/C13H17FN2O2.ClH/c1-18-11-6-2-5-10(14)12(11)13(17)16-8-9-4-3-7-15-9;/h2,5-6,9,15H,3-4,7-8H2,1H3,(H,16,17);1H. The lowest BCUT2D eigenvalue weighted by molar-refractivity contribution is 0.0943. The SMILES string of the molecule is COc1cccc(F)c1C(=O)NCC1CCCN1.Cl. The quantitative estimate of drug-likeness (QED) is 0.887. The van der Waals surface area contributed by atoms with Crippen LogP contribution in [0.1, 0.15) is 23.2 Å². The van der Waals surface area contributed by atoms with Gasteiger partial charge in [-0.05, 0) is 31.5 Å². The molecule has 19 heavy (non-hydrogen) atoms. The maximum absolute atomic E-state index is 13.6. The Morgan fingerprint density at radius 3 is 3.00 bits per heavy atom. The fraction of sp³-hybridized carbons (Fsp3) is 0.462. The first-order valence-corrected chi connectivity index (χ1v) is 6.06. The highest BCUT2D eigenvalue weighted by molar-refractivity contribution is 5.97. The molecule has 2 rings (SSSR count). The predicted octanol–water partition coefficient (Wildman–Crippen LogP) is 1.74. The van der Waals surface area contributed by atoms with Gasteiger partial charge in [0.05, 0.1) is 7.11 Å². The minimum atomic E-state index is -0.564. The van der Waals surface area contributed by atoms with Crippen LogP contribution in [0, 0.1) is 5.82 Å². The summed E-state index contributed by atoms with van der Waals surface area (Å²) in [5.41, 5.74) is -0.0296. The highest BCUT2D eigenvalue weighted by atomic mass is 35.5. The van der Waals surface area contributed by atoms with Gasteiger partial charge in [-0.25, -0.2) is 4.39 Å². The molecule has 0 bridgehead atoms. The van der Waals surface area contributed by atoms with Crippen LogP contribution in [0.25, 0.3) is 0 Å². The van der Waals surface area contributed by atoms with Gasteiger partial charge < -0.3 is 15.4 Å². The number of nitrogens with one attached hydrogen (secondary N) is 2. The molecule has 1 atom stereocenters. The number of rotatable bonds is 4. The van der Waals surface area contributed by atoms with Crippen molar-refractivity contribution in [1.29, 1.82) is 0 Å².